The summed E-state index contributed by atoms with van der Waals surface area (Å²) in [6.45, 7) is 6.73. The topological polar surface area (TPSA) is 75.9 Å². The van der Waals surface area contributed by atoms with Crippen LogP contribution in [0.25, 0.3) is 66.4 Å². The highest BCUT2D eigenvalue weighted by Gasteiger charge is 2.25. The fourth-order valence-electron chi connectivity index (χ4n) is 7.95. The van der Waals surface area contributed by atoms with Crippen LogP contribution in [0.1, 0.15) is 60.2 Å². The number of fused-ring (bicyclic) bond motifs is 6. The standard InChI is InChI=1S/C49H38N4O2/c1-4-29(2)35-19-8-9-20-37(35)36-26-25-34(27-30(36)3)49-52-47(31-15-6-5-7-16-31)51-48(53-49)33-18-14-17-32(28-33)42-45-43(38-21-10-12-23-40(38)54-45)50-44-39-22-11-13-24-41(39)55-46(42)44/h5-29,47H,4H2,1-3H3,(H,51,52,53). The highest BCUT2D eigenvalue weighted by atomic mass is 16.3. The molecule has 2 unspecified atom stereocenters. The third kappa shape index (κ3) is 5.60. The summed E-state index contributed by atoms with van der Waals surface area (Å²) in [5, 5.41) is 5.60. The molecule has 0 saturated heterocycles. The molecule has 6 heteroatoms. The molecule has 1 N–H and O–H groups in total. The van der Waals surface area contributed by atoms with E-state index in [4.69, 9.17) is 23.8 Å². The number of aryl methyl sites for hydroxylation is 1. The van der Waals surface area contributed by atoms with Gasteiger partial charge in [0.05, 0.1) is 5.56 Å². The Balaban J connectivity index is 1.12. The first-order valence-electron chi connectivity index (χ1n) is 19.0. The number of nitrogens with one attached hydrogen (secondary N) is 1. The van der Waals surface area contributed by atoms with Gasteiger partial charge in [0.15, 0.2) is 17.0 Å². The fraction of sp³-hybridized carbons (Fsp3) is 0.122. The Labute approximate surface area is 318 Å². The van der Waals surface area contributed by atoms with Crippen LogP contribution in [0, 0.1) is 6.92 Å². The highest BCUT2D eigenvalue weighted by Crippen LogP contribution is 2.43. The van der Waals surface area contributed by atoms with Crippen molar-refractivity contribution in [2.75, 3.05) is 0 Å². The van der Waals surface area contributed by atoms with Gasteiger partial charge in [-0.1, -0.05) is 123 Å². The predicted molar refractivity (Wildman–Crippen MR) is 225 cm³/mol. The first-order chi connectivity index (χ1) is 27.0. The van der Waals surface area contributed by atoms with E-state index in [9.17, 15) is 0 Å². The number of furan rings is 2. The van der Waals surface area contributed by atoms with Crippen LogP contribution in [0.4, 0.5) is 0 Å². The molecule has 0 saturated carbocycles. The molecular formula is C49H38N4O2. The second kappa shape index (κ2) is 13.3. The quantitative estimate of drug-likeness (QED) is 0.178. The smallest absolute Gasteiger partial charge is 0.165 e. The number of rotatable bonds is 7. The van der Waals surface area contributed by atoms with Gasteiger partial charge in [-0.3, -0.25) is 0 Å². The molecule has 6 nitrogen and oxygen atoms in total. The molecule has 0 spiro atoms. The molecular weight excluding hydrogens is 677 g/mol. The molecule has 6 aromatic carbocycles. The number of benzene rings is 6. The minimum absolute atomic E-state index is 0.330. The van der Waals surface area contributed by atoms with Crippen LogP contribution in [0.3, 0.4) is 0 Å². The fourth-order valence-corrected chi connectivity index (χ4v) is 7.95. The Bertz CT molecular complexity index is 2900. The van der Waals surface area contributed by atoms with E-state index in [1.165, 1.54) is 22.3 Å². The molecule has 0 fully saturated rings. The maximum atomic E-state index is 6.57. The molecule has 0 aliphatic carbocycles. The van der Waals surface area contributed by atoms with Crippen LogP contribution in [-0.4, -0.2) is 16.7 Å². The summed E-state index contributed by atoms with van der Waals surface area (Å²) in [4.78, 5) is 15.6. The van der Waals surface area contributed by atoms with Gasteiger partial charge in [0, 0.05) is 21.9 Å². The largest absolute Gasteiger partial charge is 0.454 e. The van der Waals surface area contributed by atoms with Crippen molar-refractivity contribution >= 4 is 55.8 Å². The summed E-state index contributed by atoms with van der Waals surface area (Å²) in [6.07, 6.45) is 0.758. The van der Waals surface area contributed by atoms with Crippen LogP contribution in [0.5, 0.6) is 0 Å². The second-order valence-corrected chi connectivity index (χ2v) is 14.4. The summed E-state index contributed by atoms with van der Waals surface area (Å²) in [5.74, 6) is 1.89. The first-order valence-corrected chi connectivity index (χ1v) is 19.0. The van der Waals surface area contributed by atoms with E-state index in [0.717, 1.165) is 73.0 Å². The van der Waals surface area contributed by atoms with Crippen molar-refractivity contribution in [2.45, 2.75) is 39.3 Å². The minimum Gasteiger partial charge on any atom is -0.454 e. The van der Waals surface area contributed by atoms with E-state index in [1.807, 2.05) is 54.6 Å². The SMILES string of the molecule is CCC(C)c1ccccc1-c1ccc(C2=NC(c3ccccc3)NC(c3cccc(-c4c5oc6ccccc6c5nc5c4oc4ccccc45)c3)=N2)cc1C. The minimum atomic E-state index is -0.330. The lowest BCUT2D eigenvalue weighted by atomic mass is 9.88. The van der Waals surface area contributed by atoms with Crippen LogP contribution >= 0.6 is 0 Å². The van der Waals surface area contributed by atoms with Crippen LogP contribution in [0.15, 0.2) is 164 Å². The number of hydrogen-bond acceptors (Lipinski definition) is 6. The second-order valence-electron chi connectivity index (χ2n) is 14.4. The predicted octanol–water partition coefficient (Wildman–Crippen LogP) is 12.5. The zero-order valence-electron chi connectivity index (χ0n) is 30.9. The van der Waals surface area contributed by atoms with Crippen LogP contribution < -0.4 is 5.32 Å². The van der Waals surface area contributed by atoms with E-state index in [-0.39, 0.29) is 6.17 Å². The normalized spacial score (nSPS) is 15.0. The molecule has 0 bridgehead atoms. The summed E-state index contributed by atoms with van der Waals surface area (Å²) in [7, 11) is 0. The third-order valence-electron chi connectivity index (χ3n) is 11.0. The lowest BCUT2D eigenvalue weighted by molar-refractivity contribution is 0.657. The van der Waals surface area contributed by atoms with E-state index in [2.05, 4.69) is 117 Å². The number of aromatic nitrogens is 1. The number of hydrogen-bond donors (Lipinski definition) is 1. The van der Waals surface area contributed by atoms with E-state index in [0.29, 0.717) is 22.9 Å². The Hall–Kier alpha value is -6.79. The van der Waals surface area contributed by atoms with Gasteiger partial charge in [-0.2, -0.15) is 0 Å². The van der Waals surface area contributed by atoms with E-state index in [1.54, 1.807) is 0 Å². The Kier molecular flexibility index (Phi) is 7.91. The molecule has 0 amide bonds. The lowest BCUT2D eigenvalue weighted by Gasteiger charge is -2.24. The maximum absolute atomic E-state index is 6.57. The summed E-state index contributed by atoms with van der Waals surface area (Å²) >= 11 is 0. The number of amidine groups is 2. The van der Waals surface area contributed by atoms with E-state index >= 15 is 0 Å². The zero-order chi connectivity index (χ0) is 37.0. The van der Waals surface area contributed by atoms with Crippen molar-refractivity contribution in [3.8, 4) is 22.3 Å². The average Bonchev–Trinajstić information content (AvgIpc) is 3.80. The van der Waals surface area contributed by atoms with E-state index < -0.39 is 0 Å². The summed E-state index contributed by atoms with van der Waals surface area (Å²) in [6, 6.07) is 50.2. The van der Waals surface area contributed by atoms with Crippen molar-refractivity contribution in [1.82, 2.24) is 10.3 Å². The van der Waals surface area contributed by atoms with Gasteiger partial charge >= 0.3 is 0 Å². The molecule has 55 heavy (non-hydrogen) atoms. The van der Waals surface area contributed by atoms with Crippen molar-refractivity contribution in [3.63, 3.8) is 0 Å². The summed E-state index contributed by atoms with van der Waals surface area (Å²) in [5.41, 5.74) is 14.4. The number of aliphatic imine (C=N–C) groups is 2. The molecule has 2 atom stereocenters. The van der Waals surface area contributed by atoms with Gasteiger partial charge in [0.25, 0.3) is 0 Å². The van der Waals surface area contributed by atoms with Crippen molar-refractivity contribution in [3.05, 3.63) is 173 Å². The summed E-state index contributed by atoms with van der Waals surface area (Å²) < 4.78 is 13.1. The number of para-hydroxylation sites is 2. The average molecular weight is 715 g/mol. The van der Waals surface area contributed by atoms with Gasteiger partial charge in [-0.15, -0.1) is 0 Å². The highest BCUT2D eigenvalue weighted by molar-refractivity contribution is 6.19. The van der Waals surface area contributed by atoms with Crippen molar-refractivity contribution < 1.29 is 8.83 Å². The zero-order valence-corrected chi connectivity index (χ0v) is 30.9. The van der Waals surface area contributed by atoms with Crippen LogP contribution in [-0.2, 0) is 0 Å². The first kappa shape index (κ1) is 32.8. The number of nitrogens with zero attached hydrogens (tertiary/aromatic N) is 3. The molecule has 266 valence electrons. The molecule has 1 aliphatic heterocycles. The van der Waals surface area contributed by atoms with Crippen LogP contribution in [0.2, 0.25) is 0 Å². The number of pyridine rings is 1. The third-order valence-corrected chi connectivity index (χ3v) is 11.0. The molecule has 9 aromatic rings. The maximum Gasteiger partial charge on any atom is 0.165 e. The molecule has 3 aromatic heterocycles. The lowest BCUT2D eigenvalue weighted by Crippen LogP contribution is -2.33. The van der Waals surface area contributed by atoms with Gasteiger partial charge < -0.3 is 14.2 Å². The Morgan fingerprint density at radius 3 is 2.00 bits per heavy atom. The Morgan fingerprint density at radius 1 is 0.636 bits per heavy atom. The van der Waals surface area contributed by atoms with Crippen molar-refractivity contribution in [1.29, 1.82) is 0 Å². The molecule has 10 rings (SSSR count). The molecule has 0 radical (unpaired) electrons. The molecule has 4 heterocycles. The Morgan fingerprint density at radius 2 is 1.29 bits per heavy atom. The monoisotopic (exact) mass is 714 g/mol. The van der Waals surface area contributed by atoms with Gasteiger partial charge in [-0.05, 0) is 89.0 Å². The van der Waals surface area contributed by atoms with Gasteiger partial charge in [0.1, 0.15) is 34.2 Å². The van der Waals surface area contributed by atoms with Gasteiger partial charge in [0.2, 0.25) is 0 Å². The molecule has 1 aliphatic rings. The van der Waals surface area contributed by atoms with Gasteiger partial charge in [-0.25, -0.2) is 15.0 Å². The van der Waals surface area contributed by atoms with Crippen molar-refractivity contribution in [2.24, 2.45) is 9.98 Å².